The molecule has 0 bridgehead atoms. The molecule has 0 aliphatic heterocycles. The Morgan fingerprint density at radius 1 is 1.19 bits per heavy atom. The molecule has 6 nitrogen and oxygen atoms in total. The monoisotopic (exact) mass is 366 g/mol. The van der Waals surface area contributed by atoms with Gasteiger partial charge in [0.2, 0.25) is 5.91 Å². The highest BCUT2D eigenvalue weighted by Crippen LogP contribution is 2.27. The number of benzene rings is 1. The number of rotatable bonds is 6. The zero-order chi connectivity index (χ0) is 19.6. The minimum absolute atomic E-state index is 0.0539. The van der Waals surface area contributed by atoms with E-state index in [-0.39, 0.29) is 18.4 Å². The lowest BCUT2D eigenvalue weighted by atomic mass is 10.1. The van der Waals surface area contributed by atoms with Gasteiger partial charge in [-0.05, 0) is 43.5 Å². The summed E-state index contributed by atoms with van der Waals surface area (Å²) >= 11 is 0. The van der Waals surface area contributed by atoms with Gasteiger partial charge >= 0.3 is 0 Å². The zero-order valence-corrected chi connectivity index (χ0v) is 16.5. The van der Waals surface area contributed by atoms with E-state index in [1.807, 2.05) is 69.5 Å². The zero-order valence-electron chi connectivity index (χ0n) is 16.5. The first-order valence-electron chi connectivity index (χ1n) is 9.18. The lowest BCUT2D eigenvalue weighted by Gasteiger charge is -2.11. The van der Waals surface area contributed by atoms with Gasteiger partial charge in [-0.3, -0.25) is 4.79 Å². The summed E-state index contributed by atoms with van der Waals surface area (Å²) in [5.41, 5.74) is 5.08. The first-order valence-corrected chi connectivity index (χ1v) is 9.18. The molecule has 142 valence electrons. The average molecular weight is 366 g/mol. The quantitative estimate of drug-likeness (QED) is 0.718. The molecular weight excluding hydrogens is 340 g/mol. The Balaban J connectivity index is 1.78. The van der Waals surface area contributed by atoms with Crippen LogP contribution in [0.2, 0.25) is 0 Å². The van der Waals surface area contributed by atoms with E-state index in [0.29, 0.717) is 18.3 Å². The highest BCUT2D eigenvalue weighted by atomic mass is 16.5. The third kappa shape index (κ3) is 4.10. The number of aryl methyl sites for hydroxylation is 3. The second kappa shape index (κ2) is 7.78. The van der Waals surface area contributed by atoms with E-state index in [1.165, 1.54) is 5.56 Å². The van der Waals surface area contributed by atoms with Gasteiger partial charge < -0.3 is 14.4 Å². The Labute approximate surface area is 159 Å². The molecule has 0 unspecified atom stereocenters. The van der Waals surface area contributed by atoms with Crippen LogP contribution in [0.5, 0.6) is 0 Å². The molecule has 1 N–H and O–H groups in total. The molecule has 0 spiro atoms. The summed E-state index contributed by atoms with van der Waals surface area (Å²) in [4.78, 5) is 17.1. The molecule has 3 aromatic rings. The number of nitrogens with zero attached hydrogens (tertiary/aromatic N) is 3. The number of hydrogen-bond donors (Lipinski definition) is 1. The van der Waals surface area contributed by atoms with Crippen molar-refractivity contribution in [3.63, 3.8) is 0 Å². The number of amides is 1. The molecule has 1 amide bonds. The van der Waals surface area contributed by atoms with Gasteiger partial charge in [0, 0.05) is 18.2 Å². The molecule has 27 heavy (non-hydrogen) atoms. The summed E-state index contributed by atoms with van der Waals surface area (Å²) in [5.74, 6) is 1.25. The predicted molar refractivity (Wildman–Crippen MR) is 104 cm³/mol. The van der Waals surface area contributed by atoms with Crippen molar-refractivity contribution in [3.05, 3.63) is 58.5 Å². The summed E-state index contributed by atoms with van der Waals surface area (Å²) in [6.45, 7) is 10.8. The molecule has 2 heterocycles. The molecule has 0 fully saturated rings. The van der Waals surface area contributed by atoms with Crippen LogP contribution in [0.15, 0.2) is 34.9 Å². The van der Waals surface area contributed by atoms with Crippen LogP contribution in [0.3, 0.4) is 0 Å². The topological polar surface area (TPSA) is 73.0 Å². The van der Waals surface area contributed by atoms with Crippen LogP contribution in [0, 0.1) is 20.8 Å². The van der Waals surface area contributed by atoms with Gasteiger partial charge in [0.05, 0.1) is 0 Å². The van der Waals surface area contributed by atoms with E-state index >= 15 is 0 Å². The number of aromatic nitrogens is 3. The van der Waals surface area contributed by atoms with Gasteiger partial charge in [-0.2, -0.15) is 4.98 Å². The van der Waals surface area contributed by atoms with Gasteiger partial charge in [-0.15, -0.1) is 0 Å². The second-order valence-electron chi connectivity index (χ2n) is 7.22. The largest absolute Gasteiger partial charge is 0.350 e. The van der Waals surface area contributed by atoms with Crippen LogP contribution in [0.1, 0.15) is 48.0 Å². The lowest BCUT2D eigenvalue weighted by Crippen LogP contribution is -2.28. The van der Waals surface area contributed by atoms with E-state index in [2.05, 4.69) is 15.5 Å². The minimum Gasteiger partial charge on any atom is -0.350 e. The Morgan fingerprint density at radius 3 is 2.59 bits per heavy atom. The van der Waals surface area contributed by atoms with Crippen molar-refractivity contribution in [2.45, 2.75) is 53.6 Å². The second-order valence-corrected chi connectivity index (χ2v) is 7.22. The summed E-state index contributed by atoms with van der Waals surface area (Å²) in [6.07, 6.45) is 0. The Morgan fingerprint density at radius 2 is 1.93 bits per heavy atom. The fourth-order valence-corrected chi connectivity index (χ4v) is 3.10. The fourth-order valence-electron chi connectivity index (χ4n) is 3.10. The van der Waals surface area contributed by atoms with Crippen molar-refractivity contribution in [2.24, 2.45) is 0 Å². The Hall–Kier alpha value is -2.89. The van der Waals surface area contributed by atoms with E-state index in [0.717, 1.165) is 22.5 Å². The molecule has 0 saturated heterocycles. The van der Waals surface area contributed by atoms with Crippen LogP contribution >= 0.6 is 0 Å². The van der Waals surface area contributed by atoms with E-state index in [9.17, 15) is 4.79 Å². The maximum atomic E-state index is 12.6. The van der Waals surface area contributed by atoms with Gasteiger partial charge in [0.25, 0.3) is 5.89 Å². The Bertz CT molecular complexity index is 953. The summed E-state index contributed by atoms with van der Waals surface area (Å²) in [6, 6.07) is 10.1. The van der Waals surface area contributed by atoms with Crippen LogP contribution in [0.25, 0.3) is 11.6 Å². The van der Waals surface area contributed by atoms with Crippen molar-refractivity contribution in [2.75, 3.05) is 0 Å². The lowest BCUT2D eigenvalue weighted by molar-refractivity contribution is -0.121. The molecule has 0 atom stereocenters. The fraction of sp³-hybridized carbons (Fsp3) is 0.381. The summed E-state index contributed by atoms with van der Waals surface area (Å²) in [5, 5.41) is 7.05. The van der Waals surface area contributed by atoms with Crippen molar-refractivity contribution in [1.82, 2.24) is 20.0 Å². The van der Waals surface area contributed by atoms with E-state index in [4.69, 9.17) is 4.52 Å². The average Bonchev–Trinajstić information content (AvgIpc) is 3.19. The van der Waals surface area contributed by atoms with Crippen molar-refractivity contribution in [3.8, 4) is 11.6 Å². The molecule has 0 aliphatic rings. The third-order valence-corrected chi connectivity index (χ3v) is 4.69. The van der Waals surface area contributed by atoms with Crippen LogP contribution in [0.4, 0.5) is 0 Å². The van der Waals surface area contributed by atoms with Crippen molar-refractivity contribution < 1.29 is 9.32 Å². The van der Waals surface area contributed by atoms with E-state index in [1.54, 1.807) is 0 Å². The standard InChI is InChI=1S/C21H26N4O2/c1-13(2)20-23-21(27-24-20)19-15(4)10-16(5)25(19)12-18(26)22-11-17-9-7-6-8-14(17)3/h6-10,13H,11-12H2,1-5H3,(H,22,26). The highest BCUT2D eigenvalue weighted by molar-refractivity contribution is 5.77. The Kier molecular flexibility index (Phi) is 5.44. The van der Waals surface area contributed by atoms with Gasteiger partial charge in [-0.1, -0.05) is 43.3 Å². The molecule has 3 rings (SSSR count). The molecule has 0 aliphatic carbocycles. The predicted octanol–water partition coefficient (Wildman–Crippen LogP) is 3.90. The SMILES string of the molecule is Cc1ccccc1CNC(=O)Cn1c(C)cc(C)c1-c1nc(C(C)C)no1. The molecule has 2 aromatic heterocycles. The normalized spacial score (nSPS) is 11.2. The summed E-state index contributed by atoms with van der Waals surface area (Å²) < 4.78 is 7.39. The first kappa shape index (κ1) is 18.9. The van der Waals surface area contributed by atoms with Crippen molar-refractivity contribution >= 4 is 5.91 Å². The minimum atomic E-state index is -0.0539. The van der Waals surface area contributed by atoms with Gasteiger partial charge in [0.15, 0.2) is 5.82 Å². The molecular formula is C21H26N4O2. The third-order valence-electron chi connectivity index (χ3n) is 4.69. The molecule has 0 saturated carbocycles. The number of carbonyl (C=O) groups is 1. The number of hydrogen-bond acceptors (Lipinski definition) is 4. The molecule has 0 radical (unpaired) electrons. The van der Waals surface area contributed by atoms with Crippen LogP contribution in [-0.2, 0) is 17.9 Å². The van der Waals surface area contributed by atoms with Crippen LogP contribution < -0.4 is 5.32 Å². The maximum Gasteiger partial charge on any atom is 0.274 e. The highest BCUT2D eigenvalue weighted by Gasteiger charge is 2.20. The molecule has 6 heteroatoms. The van der Waals surface area contributed by atoms with E-state index < -0.39 is 0 Å². The first-order chi connectivity index (χ1) is 12.9. The van der Waals surface area contributed by atoms with Crippen molar-refractivity contribution in [1.29, 1.82) is 0 Å². The molecule has 1 aromatic carbocycles. The maximum absolute atomic E-state index is 12.6. The number of carbonyl (C=O) groups excluding carboxylic acids is 1. The van der Waals surface area contributed by atoms with Crippen LogP contribution in [-0.4, -0.2) is 20.6 Å². The van der Waals surface area contributed by atoms with Gasteiger partial charge in [0.1, 0.15) is 12.2 Å². The van der Waals surface area contributed by atoms with Gasteiger partial charge in [-0.25, -0.2) is 0 Å². The smallest absolute Gasteiger partial charge is 0.274 e. The summed E-state index contributed by atoms with van der Waals surface area (Å²) in [7, 11) is 0. The number of nitrogens with one attached hydrogen (secondary N) is 1.